The fourth-order valence-corrected chi connectivity index (χ4v) is 4.36. The van der Waals surface area contributed by atoms with Crippen LogP contribution in [0.1, 0.15) is 19.8 Å². The van der Waals surface area contributed by atoms with Crippen LogP contribution < -0.4 is 0 Å². The van der Waals surface area contributed by atoms with Gasteiger partial charge in [-0.2, -0.15) is 0 Å². The van der Waals surface area contributed by atoms with Gasteiger partial charge in [0.25, 0.3) is 5.09 Å². The molecule has 0 radical (unpaired) electrons. The van der Waals surface area contributed by atoms with Gasteiger partial charge in [-0.25, -0.2) is 8.42 Å². The van der Waals surface area contributed by atoms with Crippen molar-refractivity contribution < 1.29 is 27.8 Å². The highest BCUT2D eigenvalue weighted by atomic mass is 32.2. The predicted molar refractivity (Wildman–Crippen MR) is 63.8 cm³/mol. The van der Waals surface area contributed by atoms with Gasteiger partial charge in [0.1, 0.15) is 17.5 Å². The number of fused-ring (bicyclic) bond motifs is 1. The largest absolute Gasteiger partial charge is 0.372 e. The normalized spacial score (nSPS) is 34.2. The van der Waals surface area contributed by atoms with E-state index in [1.165, 1.54) is 0 Å². The molecule has 0 aromatic rings. The predicted octanol–water partition coefficient (Wildman–Crippen LogP) is -0.0556. The maximum absolute atomic E-state index is 12.1. The number of unbranched alkanes of at least 4 members (excludes halogenated alkanes) is 1. The van der Waals surface area contributed by atoms with Crippen molar-refractivity contribution in [2.24, 2.45) is 0 Å². The first-order valence-electron chi connectivity index (χ1n) is 6.21. The van der Waals surface area contributed by atoms with Gasteiger partial charge >= 0.3 is 0 Å². The molecule has 2 heterocycles. The molecule has 2 rings (SSSR count). The molecule has 110 valence electrons. The van der Waals surface area contributed by atoms with Crippen LogP contribution >= 0.6 is 0 Å². The summed E-state index contributed by atoms with van der Waals surface area (Å²) in [7, 11) is -3.30. The molecule has 4 atom stereocenters. The van der Waals surface area contributed by atoms with Gasteiger partial charge in [-0.3, -0.25) is 0 Å². The fraction of sp³-hybridized carbons (Fsp3) is 1.00. The van der Waals surface area contributed by atoms with Gasteiger partial charge in [0.15, 0.2) is 15.9 Å². The van der Waals surface area contributed by atoms with E-state index in [2.05, 4.69) is 4.84 Å². The van der Waals surface area contributed by atoms with Gasteiger partial charge in [0.05, 0.1) is 19.0 Å². The van der Waals surface area contributed by atoms with Gasteiger partial charge < -0.3 is 14.3 Å². The third-order valence-electron chi connectivity index (χ3n) is 3.43. The molecule has 0 spiro atoms. The summed E-state index contributed by atoms with van der Waals surface area (Å²) >= 11 is 0. The van der Waals surface area contributed by atoms with Crippen molar-refractivity contribution in [3.63, 3.8) is 0 Å². The summed E-state index contributed by atoms with van der Waals surface area (Å²) in [5, 5.41) is 8.67. The smallest absolute Gasteiger partial charge is 0.294 e. The molecule has 2 fully saturated rings. The van der Waals surface area contributed by atoms with E-state index in [1.807, 2.05) is 6.92 Å². The van der Waals surface area contributed by atoms with E-state index >= 15 is 0 Å². The summed E-state index contributed by atoms with van der Waals surface area (Å²) in [5.41, 5.74) is 0. The molecule has 2 saturated heterocycles. The van der Waals surface area contributed by atoms with Gasteiger partial charge in [-0.15, -0.1) is 10.1 Å². The summed E-state index contributed by atoms with van der Waals surface area (Å²) in [5.74, 6) is 0.0882. The highest BCUT2D eigenvalue weighted by Crippen LogP contribution is 2.32. The zero-order valence-electron chi connectivity index (χ0n) is 10.6. The Labute approximate surface area is 111 Å². The second-order valence-electron chi connectivity index (χ2n) is 4.72. The van der Waals surface area contributed by atoms with Crippen LogP contribution in [0.5, 0.6) is 0 Å². The number of nitrogens with zero attached hydrogens (tertiary/aromatic N) is 1. The minimum atomic E-state index is -3.30. The maximum Gasteiger partial charge on any atom is 0.294 e. The monoisotopic (exact) mass is 295 g/mol. The summed E-state index contributed by atoms with van der Waals surface area (Å²) in [4.78, 5) is 14.8. The standard InChI is InChI=1S/C10H17NO7S/c1-2-3-4-19(14,15)8-6-17-9-7(18-11(12)13)5-16-10(8)9/h7-10H,2-6H2,1H3. The summed E-state index contributed by atoms with van der Waals surface area (Å²) < 4.78 is 34.9. The molecular weight excluding hydrogens is 278 g/mol. The Morgan fingerprint density at radius 3 is 2.63 bits per heavy atom. The van der Waals surface area contributed by atoms with Crippen LogP contribution in [0.4, 0.5) is 0 Å². The Morgan fingerprint density at radius 2 is 2.00 bits per heavy atom. The summed E-state index contributed by atoms with van der Waals surface area (Å²) in [6.07, 6.45) is -0.801. The average molecular weight is 295 g/mol. The van der Waals surface area contributed by atoms with Crippen molar-refractivity contribution in [3.05, 3.63) is 10.1 Å². The minimum Gasteiger partial charge on any atom is -0.372 e. The van der Waals surface area contributed by atoms with Gasteiger partial charge in [0, 0.05) is 0 Å². The molecule has 9 heteroatoms. The van der Waals surface area contributed by atoms with E-state index in [9.17, 15) is 18.5 Å². The van der Waals surface area contributed by atoms with Crippen LogP contribution in [0, 0.1) is 10.1 Å². The van der Waals surface area contributed by atoms with Crippen LogP contribution in [-0.2, 0) is 24.1 Å². The van der Waals surface area contributed by atoms with Crippen molar-refractivity contribution in [1.29, 1.82) is 0 Å². The van der Waals surface area contributed by atoms with E-state index in [1.54, 1.807) is 0 Å². The van der Waals surface area contributed by atoms with E-state index in [0.29, 0.717) is 6.42 Å². The van der Waals surface area contributed by atoms with Crippen molar-refractivity contribution in [3.8, 4) is 0 Å². The first-order valence-corrected chi connectivity index (χ1v) is 7.93. The van der Waals surface area contributed by atoms with Crippen LogP contribution in [0.3, 0.4) is 0 Å². The lowest BCUT2D eigenvalue weighted by atomic mass is 10.1. The Kier molecular flexibility index (Phi) is 4.26. The molecule has 19 heavy (non-hydrogen) atoms. The summed E-state index contributed by atoms with van der Waals surface area (Å²) in [6.45, 7) is 1.91. The maximum atomic E-state index is 12.1. The number of ether oxygens (including phenoxy) is 2. The number of hydrogen-bond acceptors (Lipinski definition) is 7. The zero-order valence-corrected chi connectivity index (χ0v) is 11.4. The number of rotatable bonds is 6. The highest BCUT2D eigenvalue weighted by molar-refractivity contribution is 7.92. The number of sulfone groups is 1. The zero-order chi connectivity index (χ0) is 14.0. The third-order valence-corrected chi connectivity index (χ3v) is 5.61. The van der Waals surface area contributed by atoms with Gasteiger partial charge in [0.2, 0.25) is 0 Å². The Balaban J connectivity index is 2.03. The molecular formula is C10H17NO7S. The Bertz CT molecular complexity index is 437. The van der Waals surface area contributed by atoms with E-state index in [0.717, 1.165) is 6.42 Å². The molecule has 0 saturated carbocycles. The number of hydrogen-bond donors (Lipinski definition) is 0. The minimum absolute atomic E-state index is 0.0129. The first-order chi connectivity index (χ1) is 8.95. The van der Waals surface area contributed by atoms with Crippen molar-refractivity contribution in [1.82, 2.24) is 0 Å². The Hall–Kier alpha value is -0.930. The van der Waals surface area contributed by atoms with Crippen molar-refractivity contribution in [2.75, 3.05) is 19.0 Å². The topological polar surface area (TPSA) is 105 Å². The second-order valence-corrected chi connectivity index (χ2v) is 7.06. The van der Waals surface area contributed by atoms with Crippen molar-refractivity contribution >= 4 is 9.84 Å². The van der Waals surface area contributed by atoms with Crippen LogP contribution in [0.2, 0.25) is 0 Å². The van der Waals surface area contributed by atoms with Crippen molar-refractivity contribution in [2.45, 2.75) is 43.3 Å². The SMILES string of the molecule is CCCCS(=O)(=O)C1COC2C(O[N+](=O)[O-])COC21. The average Bonchev–Trinajstić information content (AvgIpc) is 2.89. The summed E-state index contributed by atoms with van der Waals surface area (Å²) in [6, 6.07) is 0. The van der Waals surface area contributed by atoms with Gasteiger partial charge in [-0.1, -0.05) is 13.3 Å². The molecule has 2 aliphatic rings. The lowest BCUT2D eigenvalue weighted by Gasteiger charge is -2.16. The highest BCUT2D eigenvalue weighted by Gasteiger charge is 2.53. The van der Waals surface area contributed by atoms with E-state index in [4.69, 9.17) is 9.47 Å². The van der Waals surface area contributed by atoms with Crippen LogP contribution in [0.25, 0.3) is 0 Å². The lowest BCUT2D eigenvalue weighted by molar-refractivity contribution is -0.769. The molecule has 0 aromatic heterocycles. The molecule has 0 N–H and O–H groups in total. The lowest BCUT2D eigenvalue weighted by Crippen LogP contribution is -2.38. The quantitative estimate of drug-likeness (QED) is 0.499. The molecule has 0 amide bonds. The van der Waals surface area contributed by atoms with E-state index in [-0.39, 0.29) is 19.0 Å². The molecule has 0 aromatic carbocycles. The van der Waals surface area contributed by atoms with Crippen LogP contribution in [0.15, 0.2) is 0 Å². The fourth-order valence-electron chi connectivity index (χ4n) is 2.43. The molecule has 8 nitrogen and oxygen atoms in total. The molecule has 4 unspecified atom stereocenters. The Morgan fingerprint density at radius 1 is 1.32 bits per heavy atom. The molecule has 0 bridgehead atoms. The second kappa shape index (κ2) is 5.59. The van der Waals surface area contributed by atoms with Crippen LogP contribution in [-0.4, -0.2) is 56.0 Å². The van der Waals surface area contributed by atoms with Gasteiger partial charge in [-0.05, 0) is 6.42 Å². The molecule has 2 aliphatic heterocycles. The first kappa shape index (κ1) is 14.5. The third kappa shape index (κ3) is 2.98. The molecule has 0 aliphatic carbocycles. The van der Waals surface area contributed by atoms with E-state index < -0.39 is 38.5 Å².